The molecule has 1 aliphatic carbocycles. The number of allylic oxidation sites excluding steroid dienone is 1. The van der Waals surface area contributed by atoms with Gasteiger partial charge in [-0.05, 0) is 61.4 Å². The van der Waals surface area contributed by atoms with Crippen LogP contribution in [0.5, 0.6) is 0 Å². The third-order valence-electron chi connectivity index (χ3n) is 6.14. The van der Waals surface area contributed by atoms with Gasteiger partial charge in [0.05, 0.1) is 0 Å². The Kier molecular flexibility index (Phi) is 11.6. The van der Waals surface area contributed by atoms with Gasteiger partial charge in [-0.2, -0.15) is 0 Å². The molecule has 3 aromatic rings. The van der Waals surface area contributed by atoms with Crippen LogP contribution in [-0.4, -0.2) is 14.4 Å². The van der Waals surface area contributed by atoms with Crippen LogP contribution in [0.15, 0.2) is 84.4 Å². The summed E-state index contributed by atoms with van der Waals surface area (Å²) in [7, 11) is -2.29. The second-order valence-corrected chi connectivity index (χ2v) is 12.8. The molecular weight excluding hydrogens is 537 g/mol. The molecule has 1 atom stereocenters. The summed E-state index contributed by atoms with van der Waals surface area (Å²) < 4.78 is 16.5. The number of nitrogens with zero attached hydrogens (tertiary/aromatic N) is 1. The van der Waals surface area contributed by atoms with Crippen LogP contribution in [0.3, 0.4) is 0 Å². The van der Waals surface area contributed by atoms with Gasteiger partial charge >= 0.3 is 8.84 Å². The number of hydrogen-bond acceptors (Lipinski definition) is 1. The predicted octanol–water partition coefficient (Wildman–Crippen LogP) is 7.92. The van der Waals surface area contributed by atoms with E-state index in [1.165, 1.54) is 22.3 Å². The van der Waals surface area contributed by atoms with Gasteiger partial charge in [-0.1, -0.05) is 99.2 Å². The summed E-state index contributed by atoms with van der Waals surface area (Å²) in [6.45, 7) is 13.3. The first-order valence-electron chi connectivity index (χ1n) is 11.8. The minimum absolute atomic E-state index is 0. The van der Waals surface area contributed by atoms with E-state index < -0.39 is 8.84 Å². The molecule has 3 aromatic carbocycles. The quantitative estimate of drug-likeness (QED) is 0.289. The summed E-state index contributed by atoms with van der Waals surface area (Å²) in [6.07, 6.45) is 3.36. The van der Waals surface area contributed by atoms with Crippen molar-refractivity contribution in [3.8, 4) is 0 Å². The van der Waals surface area contributed by atoms with E-state index in [4.69, 9.17) is 0 Å². The molecule has 2 nitrogen and oxygen atoms in total. The predicted molar refractivity (Wildman–Crippen MR) is 156 cm³/mol. The maximum atomic E-state index is 14.4. The Morgan fingerprint density at radius 1 is 0.750 bits per heavy atom. The number of hydrogen-bond donors (Lipinski definition) is 0. The van der Waals surface area contributed by atoms with Gasteiger partial charge in [0, 0.05) is 44.0 Å². The summed E-state index contributed by atoms with van der Waals surface area (Å²) >= 11 is 0. The molecule has 0 bridgehead atoms. The molecule has 0 N–H and O–H groups in total. The van der Waals surface area contributed by atoms with Gasteiger partial charge in [-0.3, -0.25) is 0 Å². The van der Waals surface area contributed by atoms with Crippen LogP contribution in [0, 0.1) is 5.41 Å². The van der Waals surface area contributed by atoms with E-state index in [0.29, 0.717) is 0 Å². The molecule has 0 spiro atoms. The fourth-order valence-electron chi connectivity index (χ4n) is 4.97. The molecular formula is C30H37Cl2NOSiTi. The number of anilines is 1. The van der Waals surface area contributed by atoms with E-state index in [9.17, 15) is 4.46 Å². The van der Waals surface area contributed by atoms with Crippen LogP contribution in [0.2, 0.25) is 0 Å². The molecule has 0 heterocycles. The first kappa shape index (κ1) is 32.5. The van der Waals surface area contributed by atoms with Crippen molar-refractivity contribution in [2.45, 2.75) is 59.4 Å². The zero-order valence-corrected chi connectivity index (χ0v) is 26.2. The van der Waals surface area contributed by atoms with E-state index >= 15 is 0 Å². The van der Waals surface area contributed by atoms with Crippen molar-refractivity contribution in [1.82, 2.24) is 0 Å². The molecule has 0 saturated heterocycles. The minimum Gasteiger partial charge on any atom is -0.353 e. The van der Waals surface area contributed by atoms with Crippen molar-refractivity contribution in [2.75, 3.05) is 4.57 Å². The van der Waals surface area contributed by atoms with Gasteiger partial charge in [-0.25, -0.2) is 0 Å². The van der Waals surface area contributed by atoms with E-state index in [1.807, 2.05) is 24.3 Å². The second-order valence-electron chi connectivity index (χ2n) is 11.3. The van der Waals surface area contributed by atoms with E-state index in [-0.39, 0.29) is 63.4 Å². The SMILES string of the molecule is CC(C)(C)CC1=Cc2ccccc2C1c1ccccc1[Si](=O)N(c1ccccc1)C(C)(C)C.Cl.Cl.[Ti]. The molecule has 0 fully saturated rings. The Labute approximate surface area is 246 Å². The summed E-state index contributed by atoms with van der Waals surface area (Å²) in [5.41, 5.74) is 6.09. The average molecular weight is 574 g/mol. The summed E-state index contributed by atoms with van der Waals surface area (Å²) in [5, 5.41) is 0.961. The Balaban J connectivity index is 0.00000216. The van der Waals surface area contributed by atoms with E-state index in [0.717, 1.165) is 17.3 Å². The van der Waals surface area contributed by atoms with Gasteiger partial charge in [-0.15, -0.1) is 24.8 Å². The second kappa shape index (κ2) is 12.8. The van der Waals surface area contributed by atoms with Crippen molar-refractivity contribution >= 4 is 50.6 Å². The first-order chi connectivity index (χ1) is 15.6. The van der Waals surface area contributed by atoms with Gasteiger partial charge in [0.2, 0.25) is 0 Å². The molecule has 0 radical (unpaired) electrons. The largest absolute Gasteiger partial charge is 0.436 e. The molecule has 1 aliphatic rings. The first-order valence-corrected chi connectivity index (χ1v) is 13.2. The third kappa shape index (κ3) is 7.08. The van der Waals surface area contributed by atoms with Gasteiger partial charge in [0.15, 0.2) is 0 Å². The van der Waals surface area contributed by atoms with Crippen LogP contribution in [0.25, 0.3) is 6.08 Å². The number of rotatable bonds is 5. The Hall–Kier alpha value is -1.49. The average Bonchev–Trinajstić information content (AvgIpc) is 3.09. The van der Waals surface area contributed by atoms with Crippen LogP contribution in [-0.2, 0) is 26.2 Å². The number of benzene rings is 3. The standard InChI is InChI=1S/C30H35NOSi.2ClH.Ti/c1-29(2,3)21-23-20-22-14-10-11-17-25(22)28(23)26-18-12-13-19-27(26)33(32)31(30(4,5)6)24-15-8-7-9-16-24;;;/h7-20,28H,21H2,1-6H3;2*1H;. The zero-order chi connectivity index (χ0) is 23.8. The van der Waals surface area contributed by atoms with E-state index in [2.05, 4.69) is 107 Å². The van der Waals surface area contributed by atoms with Gasteiger partial charge < -0.3 is 9.03 Å². The maximum absolute atomic E-state index is 14.4. The van der Waals surface area contributed by atoms with Crippen LogP contribution < -0.4 is 9.75 Å². The Morgan fingerprint density at radius 3 is 1.86 bits per heavy atom. The number of fused-ring (bicyclic) bond motifs is 1. The van der Waals surface area contributed by atoms with Crippen molar-refractivity contribution in [1.29, 1.82) is 0 Å². The van der Waals surface area contributed by atoms with Crippen molar-refractivity contribution in [3.63, 3.8) is 0 Å². The number of para-hydroxylation sites is 1. The summed E-state index contributed by atoms with van der Waals surface area (Å²) in [5.74, 6) is 0.142. The van der Waals surface area contributed by atoms with Crippen molar-refractivity contribution in [2.24, 2.45) is 5.41 Å². The molecule has 0 amide bonds. The maximum Gasteiger partial charge on any atom is 0.436 e. The summed E-state index contributed by atoms with van der Waals surface area (Å²) in [4.78, 5) is 0. The van der Waals surface area contributed by atoms with Crippen molar-refractivity contribution in [3.05, 3.63) is 101 Å². The van der Waals surface area contributed by atoms with Crippen molar-refractivity contribution < 1.29 is 26.2 Å². The monoisotopic (exact) mass is 573 g/mol. The third-order valence-corrected chi connectivity index (χ3v) is 8.40. The zero-order valence-electron chi connectivity index (χ0n) is 22.0. The molecule has 4 rings (SSSR count). The minimum atomic E-state index is -2.29. The molecule has 0 aromatic heterocycles. The topological polar surface area (TPSA) is 20.3 Å². The molecule has 0 saturated carbocycles. The Bertz CT molecular complexity index is 1200. The molecule has 6 heteroatoms. The summed E-state index contributed by atoms with van der Waals surface area (Å²) in [6, 6.07) is 27.2. The molecule has 1 unspecified atom stereocenters. The molecule has 36 heavy (non-hydrogen) atoms. The van der Waals surface area contributed by atoms with E-state index in [1.54, 1.807) is 0 Å². The van der Waals surface area contributed by atoms with Gasteiger partial charge in [0.1, 0.15) is 0 Å². The molecule has 0 aliphatic heterocycles. The van der Waals surface area contributed by atoms with Gasteiger partial charge in [0.25, 0.3) is 0 Å². The van der Waals surface area contributed by atoms with Crippen LogP contribution in [0.4, 0.5) is 5.69 Å². The number of halogens is 2. The molecule has 190 valence electrons. The fraction of sp³-hybridized carbons (Fsp3) is 0.333. The van der Waals surface area contributed by atoms with Crippen LogP contribution >= 0.6 is 24.8 Å². The fourth-order valence-corrected chi connectivity index (χ4v) is 6.92. The normalized spacial score (nSPS) is 14.4. The Morgan fingerprint density at radius 2 is 1.28 bits per heavy atom. The van der Waals surface area contributed by atoms with Crippen LogP contribution in [0.1, 0.15) is 70.6 Å². The smallest absolute Gasteiger partial charge is 0.353 e.